The first-order chi connectivity index (χ1) is 15.3. The van der Waals surface area contributed by atoms with Crippen molar-refractivity contribution >= 4 is 32.8 Å². The first-order valence-electron chi connectivity index (χ1n) is 11.8. The van der Waals surface area contributed by atoms with Crippen molar-refractivity contribution in [3.63, 3.8) is 0 Å². The molecule has 0 N–H and O–H groups in total. The molecule has 0 bridgehead atoms. The van der Waals surface area contributed by atoms with Crippen LogP contribution in [0.3, 0.4) is 0 Å². The van der Waals surface area contributed by atoms with Crippen molar-refractivity contribution in [1.82, 2.24) is 9.97 Å². The van der Waals surface area contributed by atoms with Gasteiger partial charge in [-0.15, -0.1) is 0 Å². The summed E-state index contributed by atoms with van der Waals surface area (Å²) in [6.07, 6.45) is 2.91. The van der Waals surface area contributed by atoms with E-state index in [1.807, 2.05) is 0 Å². The summed E-state index contributed by atoms with van der Waals surface area (Å²) in [4.78, 5) is 9.79. The minimum atomic E-state index is -2.59. The molecular weight excluding hydrogens is 449 g/mol. The molecule has 0 radical (unpaired) electrons. The van der Waals surface area contributed by atoms with Crippen LogP contribution in [0.4, 0.5) is 0 Å². The molecule has 0 amide bonds. The second kappa shape index (κ2) is 7.84. The third-order valence-corrected chi connectivity index (χ3v) is 14.4. The number of rotatable bonds is 4. The van der Waals surface area contributed by atoms with E-state index in [9.17, 15) is 0 Å². The summed E-state index contributed by atoms with van der Waals surface area (Å²) in [6, 6.07) is 20.3. The van der Waals surface area contributed by atoms with Gasteiger partial charge in [-0.05, 0) is 0 Å². The van der Waals surface area contributed by atoms with Crippen molar-refractivity contribution in [2.75, 3.05) is 0 Å². The van der Waals surface area contributed by atoms with Crippen LogP contribution in [-0.4, -0.2) is 23.2 Å². The standard InChI is InChI=1S/C29H32GeN2/c1-18(2)14-21-11-9-13-24-26(21)30(5,6)27-28(31-17-32-29(24)27)22-15-20-10-7-8-12-23(20)25(16-22)19(3)4/h7-13,15-19H,14H2,1-6H3. The number of nitrogens with zero attached hydrogens (tertiary/aromatic N) is 2. The molecule has 0 unspecified atom stereocenters. The van der Waals surface area contributed by atoms with E-state index in [0.29, 0.717) is 11.8 Å². The molecular formula is C29H32GeN2. The molecule has 0 aliphatic carbocycles. The van der Waals surface area contributed by atoms with Crippen LogP contribution < -0.4 is 8.79 Å². The van der Waals surface area contributed by atoms with E-state index in [1.165, 1.54) is 43.1 Å². The molecule has 2 heterocycles. The van der Waals surface area contributed by atoms with Gasteiger partial charge in [0, 0.05) is 0 Å². The Kier molecular flexibility index (Phi) is 5.24. The van der Waals surface area contributed by atoms with Gasteiger partial charge in [-0.3, -0.25) is 0 Å². The third kappa shape index (κ3) is 3.31. The zero-order valence-corrected chi connectivity index (χ0v) is 22.1. The average molecular weight is 481 g/mol. The van der Waals surface area contributed by atoms with Gasteiger partial charge in [0.15, 0.2) is 0 Å². The molecule has 0 atom stereocenters. The van der Waals surface area contributed by atoms with Gasteiger partial charge < -0.3 is 0 Å². The third-order valence-electron chi connectivity index (χ3n) is 6.92. The average Bonchev–Trinajstić information content (AvgIpc) is 3.00. The predicted molar refractivity (Wildman–Crippen MR) is 140 cm³/mol. The van der Waals surface area contributed by atoms with Crippen LogP contribution in [0.1, 0.15) is 44.7 Å². The molecule has 1 aliphatic rings. The number of fused-ring (bicyclic) bond motifs is 4. The first kappa shape index (κ1) is 21.4. The van der Waals surface area contributed by atoms with Gasteiger partial charge in [-0.2, -0.15) is 0 Å². The molecule has 0 fully saturated rings. The second-order valence-corrected chi connectivity index (χ2v) is 19.4. The molecule has 32 heavy (non-hydrogen) atoms. The maximum atomic E-state index is 4.93. The normalized spacial score (nSPS) is 14.2. The van der Waals surface area contributed by atoms with Crippen molar-refractivity contribution in [2.24, 2.45) is 5.92 Å². The van der Waals surface area contributed by atoms with Crippen LogP contribution in [0.25, 0.3) is 33.3 Å². The molecule has 162 valence electrons. The number of benzene rings is 3. The Morgan fingerprint density at radius 2 is 1.56 bits per heavy atom. The Bertz CT molecular complexity index is 1330. The van der Waals surface area contributed by atoms with Crippen molar-refractivity contribution in [3.05, 3.63) is 72.1 Å². The van der Waals surface area contributed by atoms with Gasteiger partial charge in [0.1, 0.15) is 0 Å². The topological polar surface area (TPSA) is 25.8 Å². The van der Waals surface area contributed by atoms with Gasteiger partial charge >= 0.3 is 195 Å². The number of hydrogen-bond acceptors (Lipinski definition) is 2. The SMILES string of the molecule is CC(C)Cc1cccc2[c]1[Ge]([CH3])([CH3])[c]1c(-c3cc(C(C)C)c4ccccc4c3)ncnc1-2. The molecule has 1 aliphatic heterocycles. The second-order valence-electron chi connectivity index (χ2n) is 10.4. The van der Waals surface area contributed by atoms with Crippen molar-refractivity contribution in [2.45, 2.75) is 51.5 Å². The molecule has 5 rings (SSSR count). The van der Waals surface area contributed by atoms with Gasteiger partial charge in [-0.1, -0.05) is 0 Å². The van der Waals surface area contributed by atoms with Crippen LogP contribution in [0.5, 0.6) is 0 Å². The number of aromatic nitrogens is 2. The Morgan fingerprint density at radius 1 is 0.812 bits per heavy atom. The minimum absolute atomic E-state index is 0.458. The van der Waals surface area contributed by atoms with Crippen molar-refractivity contribution in [1.29, 1.82) is 0 Å². The predicted octanol–water partition coefficient (Wildman–Crippen LogP) is 6.42. The van der Waals surface area contributed by atoms with Crippen LogP contribution in [0, 0.1) is 5.92 Å². The molecule has 0 saturated heterocycles. The molecule has 0 spiro atoms. The summed E-state index contributed by atoms with van der Waals surface area (Å²) >= 11 is -2.59. The summed E-state index contributed by atoms with van der Waals surface area (Å²) in [5.41, 5.74) is 7.85. The van der Waals surface area contributed by atoms with E-state index in [-0.39, 0.29) is 0 Å². The van der Waals surface area contributed by atoms with E-state index in [1.54, 1.807) is 10.7 Å². The fraction of sp³-hybridized carbons (Fsp3) is 0.310. The monoisotopic (exact) mass is 482 g/mol. The van der Waals surface area contributed by atoms with Crippen LogP contribution in [-0.2, 0) is 6.42 Å². The molecule has 0 saturated carbocycles. The Labute approximate surface area is 194 Å². The van der Waals surface area contributed by atoms with E-state index in [2.05, 4.69) is 93.8 Å². The van der Waals surface area contributed by atoms with Gasteiger partial charge in [0.05, 0.1) is 0 Å². The summed E-state index contributed by atoms with van der Waals surface area (Å²) in [5.74, 6) is 6.17. The summed E-state index contributed by atoms with van der Waals surface area (Å²) in [6.45, 7) is 9.20. The molecule has 2 nitrogen and oxygen atoms in total. The Balaban J connectivity index is 1.77. The van der Waals surface area contributed by atoms with Gasteiger partial charge in [0.2, 0.25) is 0 Å². The van der Waals surface area contributed by atoms with E-state index in [0.717, 1.165) is 12.1 Å². The molecule has 3 aromatic carbocycles. The van der Waals surface area contributed by atoms with E-state index < -0.39 is 13.3 Å². The van der Waals surface area contributed by atoms with Crippen LogP contribution in [0.2, 0.25) is 11.5 Å². The fourth-order valence-electron chi connectivity index (χ4n) is 5.63. The van der Waals surface area contributed by atoms with Gasteiger partial charge in [0.25, 0.3) is 0 Å². The Morgan fingerprint density at radius 3 is 2.31 bits per heavy atom. The van der Waals surface area contributed by atoms with Crippen molar-refractivity contribution < 1.29 is 0 Å². The zero-order chi connectivity index (χ0) is 22.6. The number of hydrogen-bond donors (Lipinski definition) is 0. The first-order valence-corrected chi connectivity index (χ1v) is 18.1. The molecule has 1 aromatic heterocycles. The van der Waals surface area contributed by atoms with Crippen molar-refractivity contribution in [3.8, 4) is 22.5 Å². The van der Waals surface area contributed by atoms with E-state index >= 15 is 0 Å². The van der Waals surface area contributed by atoms with Gasteiger partial charge in [-0.25, -0.2) is 0 Å². The molecule has 4 aromatic rings. The zero-order valence-electron chi connectivity index (χ0n) is 20.0. The Hall–Kier alpha value is -2.46. The van der Waals surface area contributed by atoms with Crippen LogP contribution in [0.15, 0.2) is 60.9 Å². The summed E-state index contributed by atoms with van der Waals surface area (Å²) < 4.78 is 3.06. The molecule has 3 heteroatoms. The maximum absolute atomic E-state index is 4.93. The van der Waals surface area contributed by atoms with E-state index in [4.69, 9.17) is 9.97 Å². The summed E-state index contributed by atoms with van der Waals surface area (Å²) in [7, 11) is 0. The fourth-order valence-corrected chi connectivity index (χ4v) is 13.4. The van der Waals surface area contributed by atoms with Crippen LogP contribution >= 0.6 is 0 Å². The quantitative estimate of drug-likeness (QED) is 0.315. The summed E-state index contributed by atoms with van der Waals surface area (Å²) in [5, 5.41) is 2.64.